The number of nitrogens with one attached hydrogen (secondary N) is 1. The molecule has 0 aliphatic carbocycles. The Kier molecular flexibility index (Phi) is 4.71. The average Bonchev–Trinajstić information content (AvgIpc) is 2.47. The third kappa shape index (κ3) is 3.15. The van der Waals surface area contributed by atoms with Crippen molar-refractivity contribution < 1.29 is 14.3 Å². The van der Waals surface area contributed by atoms with Gasteiger partial charge >= 0.3 is 0 Å². The normalized spacial score (nSPS) is 10.2. The average molecular weight is 271 g/mol. The van der Waals surface area contributed by atoms with Gasteiger partial charge in [0.25, 0.3) is 0 Å². The summed E-state index contributed by atoms with van der Waals surface area (Å²) in [4.78, 5) is 22.6. The van der Waals surface area contributed by atoms with Crippen LogP contribution < -0.4 is 10.1 Å². The molecule has 4 heteroatoms. The predicted octanol–water partition coefficient (Wildman–Crippen LogP) is 2.56. The van der Waals surface area contributed by atoms with Gasteiger partial charge in [-0.15, -0.1) is 0 Å². The molecule has 2 rings (SSSR count). The van der Waals surface area contributed by atoms with E-state index in [1.807, 2.05) is 37.3 Å². The van der Waals surface area contributed by atoms with Crippen LogP contribution >= 0.6 is 0 Å². The molecule has 0 aliphatic rings. The quantitative estimate of drug-likeness (QED) is 0.821. The fourth-order valence-electron chi connectivity index (χ4n) is 2.06. The molecule has 0 fully saturated rings. The summed E-state index contributed by atoms with van der Waals surface area (Å²) >= 11 is 0. The maximum Gasteiger partial charge on any atom is 0.223 e. The number of aldehydes is 1. The van der Waals surface area contributed by atoms with Gasteiger partial charge in [-0.25, -0.2) is 0 Å². The molecule has 0 unspecified atom stereocenters. The molecule has 20 heavy (non-hydrogen) atoms. The van der Waals surface area contributed by atoms with E-state index in [4.69, 9.17) is 4.74 Å². The number of hydrogen-bond donors (Lipinski definition) is 1. The highest BCUT2D eigenvalue weighted by atomic mass is 16.5. The maximum atomic E-state index is 11.3. The molecule has 0 saturated heterocycles. The van der Waals surface area contributed by atoms with Gasteiger partial charge in [0.05, 0.1) is 18.6 Å². The number of hydrogen-bond acceptors (Lipinski definition) is 3. The fourth-order valence-corrected chi connectivity index (χ4v) is 2.06. The van der Waals surface area contributed by atoms with E-state index in [9.17, 15) is 9.59 Å². The standard InChI is InChI=1S/C16H17NO3/c1-2-17-16(19)9-10-20-15-8-7-12-5-3-4-6-13(12)14(15)11-18/h3-8,11H,2,9-10H2,1H3,(H,17,19). The first-order chi connectivity index (χ1) is 9.76. The fraction of sp³-hybridized carbons (Fsp3) is 0.250. The molecule has 0 aromatic heterocycles. The number of ether oxygens (including phenoxy) is 1. The van der Waals surface area contributed by atoms with Gasteiger partial charge in [0.1, 0.15) is 5.75 Å². The Bertz CT molecular complexity index is 622. The van der Waals surface area contributed by atoms with Crippen molar-refractivity contribution in [3.8, 4) is 5.75 Å². The van der Waals surface area contributed by atoms with Crippen molar-refractivity contribution in [2.45, 2.75) is 13.3 Å². The SMILES string of the molecule is CCNC(=O)CCOc1ccc2ccccc2c1C=O. The monoisotopic (exact) mass is 271 g/mol. The Balaban J connectivity index is 2.14. The molecule has 0 spiro atoms. The second kappa shape index (κ2) is 6.70. The minimum Gasteiger partial charge on any atom is -0.492 e. The van der Waals surface area contributed by atoms with E-state index in [1.165, 1.54) is 0 Å². The van der Waals surface area contributed by atoms with Gasteiger partial charge in [-0.2, -0.15) is 0 Å². The van der Waals surface area contributed by atoms with Gasteiger partial charge in [-0.05, 0) is 23.8 Å². The van der Waals surface area contributed by atoms with Crippen LogP contribution in [0.2, 0.25) is 0 Å². The molecule has 0 bridgehead atoms. The van der Waals surface area contributed by atoms with Gasteiger partial charge in [0, 0.05) is 6.54 Å². The lowest BCUT2D eigenvalue weighted by Crippen LogP contribution is -2.24. The maximum absolute atomic E-state index is 11.3. The lowest BCUT2D eigenvalue weighted by molar-refractivity contribution is -0.121. The molecule has 4 nitrogen and oxygen atoms in total. The summed E-state index contributed by atoms with van der Waals surface area (Å²) in [5, 5.41) is 4.55. The Labute approximate surface area is 117 Å². The van der Waals surface area contributed by atoms with Crippen LogP contribution in [0.25, 0.3) is 10.8 Å². The first-order valence-corrected chi connectivity index (χ1v) is 6.62. The summed E-state index contributed by atoms with van der Waals surface area (Å²) in [6, 6.07) is 11.3. The molecule has 1 N–H and O–H groups in total. The highest BCUT2D eigenvalue weighted by Gasteiger charge is 2.08. The third-order valence-corrected chi connectivity index (χ3v) is 3.01. The van der Waals surface area contributed by atoms with Crippen LogP contribution in [0.4, 0.5) is 0 Å². The summed E-state index contributed by atoms with van der Waals surface area (Å²) < 4.78 is 5.56. The molecule has 0 saturated carbocycles. The number of benzene rings is 2. The first-order valence-electron chi connectivity index (χ1n) is 6.62. The number of carbonyl (C=O) groups is 2. The molecule has 0 heterocycles. The van der Waals surface area contributed by atoms with E-state index >= 15 is 0 Å². The van der Waals surface area contributed by atoms with Crippen molar-refractivity contribution in [2.75, 3.05) is 13.2 Å². The van der Waals surface area contributed by atoms with E-state index in [-0.39, 0.29) is 18.9 Å². The van der Waals surface area contributed by atoms with Crippen molar-refractivity contribution in [1.82, 2.24) is 5.32 Å². The van der Waals surface area contributed by atoms with E-state index in [1.54, 1.807) is 6.07 Å². The van der Waals surface area contributed by atoms with E-state index in [2.05, 4.69) is 5.32 Å². The lowest BCUT2D eigenvalue weighted by Gasteiger charge is -2.10. The van der Waals surface area contributed by atoms with Crippen LogP contribution in [-0.2, 0) is 4.79 Å². The molecular weight excluding hydrogens is 254 g/mol. The Hall–Kier alpha value is -2.36. The van der Waals surface area contributed by atoms with Crippen LogP contribution in [0.5, 0.6) is 5.75 Å². The van der Waals surface area contributed by atoms with Gasteiger partial charge in [-0.3, -0.25) is 9.59 Å². The third-order valence-electron chi connectivity index (χ3n) is 3.01. The number of carbonyl (C=O) groups excluding carboxylic acids is 2. The molecule has 104 valence electrons. The smallest absolute Gasteiger partial charge is 0.223 e. The van der Waals surface area contributed by atoms with Gasteiger partial charge in [-0.1, -0.05) is 30.3 Å². The zero-order valence-corrected chi connectivity index (χ0v) is 11.4. The molecule has 0 radical (unpaired) electrons. The summed E-state index contributed by atoms with van der Waals surface area (Å²) in [7, 11) is 0. The van der Waals surface area contributed by atoms with Crippen LogP contribution in [0.3, 0.4) is 0 Å². The van der Waals surface area contributed by atoms with E-state index in [0.29, 0.717) is 17.9 Å². The Morgan fingerprint density at radius 1 is 1.25 bits per heavy atom. The van der Waals surface area contributed by atoms with Crippen molar-refractivity contribution in [3.05, 3.63) is 42.0 Å². The Morgan fingerprint density at radius 3 is 2.80 bits per heavy atom. The minimum atomic E-state index is -0.0547. The van der Waals surface area contributed by atoms with Crippen molar-refractivity contribution in [3.63, 3.8) is 0 Å². The van der Waals surface area contributed by atoms with Crippen LogP contribution in [0.1, 0.15) is 23.7 Å². The predicted molar refractivity (Wildman–Crippen MR) is 78.1 cm³/mol. The summed E-state index contributed by atoms with van der Waals surface area (Å²) in [6.07, 6.45) is 1.07. The van der Waals surface area contributed by atoms with E-state index in [0.717, 1.165) is 17.1 Å². The first kappa shape index (κ1) is 14.1. The number of amides is 1. The van der Waals surface area contributed by atoms with Gasteiger partial charge in [0.15, 0.2) is 6.29 Å². The largest absolute Gasteiger partial charge is 0.492 e. The van der Waals surface area contributed by atoms with Crippen molar-refractivity contribution >= 4 is 23.0 Å². The van der Waals surface area contributed by atoms with Crippen molar-refractivity contribution in [2.24, 2.45) is 0 Å². The molecule has 2 aromatic carbocycles. The van der Waals surface area contributed by atoms with Crippen molar-refractivity contribution in [1.29, 1.82) is 0 Å². The molecule has 2 aromatic rings. The Morgan fingerprint density at radius 2 is 2.05 bits per heavy atom. The van der Waals surface area contributed by atoms with Gasteiger partial charge in [0.2, 0.25) is 5.91 Å². The lowest BCUT2D eigenvalue weighted by atomic mass is 10.0. The second-order valence-electron chi connectivity index (χ2n) is 4.37. The molecule has 0 aliphatic heterocycles. The molecular formula is C16H17NO3. The van der Waals surface area contributed by atoms with Crippen LogP contribution in [0, 0.1) is 0 Å². The zero-order chi connectivity index (χ0) is 14.4. The molecule has 0 atom stereocenters. The van der Waals surface area contributed by atoms with Crippen LogP contribution in [-0.4, -0.2) is 25.3 Å². The highest BCUT2D eigenvalue weighted by molar-refractivity contribution is 6.00. The summed E-state index contributed by atoms with van der Waals surface area (Å²) in [5.74, 6) is 0.462. The van der Waals surface area contributed by atoms with E-state index < -0.39 is 0 Å². The highest BCUT2D eigenvalue weighted by Crippen LogP contribution is 2.26. The van der Waals surface area contributed by atoms with Gasteiger partial charge < -0.3 is 10.1 Å². The molecule has 1 amide bonds. The topological polar surface area (TPSA) is 55.4 Å². The number of rotatable bonds is 6. The zero-order valence-electron chi connectivity index (χ0n) is 11.4. The van der Waals surface area contributed by atoms with Crippen LogP contribution in [0.15, 0.2) is 36.4 Å². The summed E-state index contributed by atoms with van der Waals surface area (Å²) in [5.41, 5.74) is 0.527. The second-order valence-corrected chi connectivity index (χ2v) is 4.37. The minimum absolute atomic E-state index is 0.0547. The number of fused-ring (bicyclic) bond motifs is 1. The summed E-state index contributed by atoms with van der Waals surface area (Å²) in [6.45, 7) is 2.73.